The monoisotopic (exact) mass is 330 g/mol. The first-order valence-electron chi connectivity index (χ1n) is 8.12. The van der Waals surface area contributed by atoms with E-state index in [1.807, 2.05) is 40.7 Å². The third-order valence-corrected chi connectivity index (χ3v) is 4.20. The van der Waals surface area contributed by atoms with Crippen molar-refractivity contribution in [2.45, 2.75) is 60.5 Å². The second-order valence-electron chi connectivity index (χ2n) is 7.98. The van der Waals surface area contributed by atoms with E-state index in [0.717, 1.165) is 28.8 Å². The van der Waals surface area contributed by atoms with Crippen molar-refractivity contribution in [1.29, 1.82) is 0 Å². The number of carbonyl (C=O) groups excluding carboxylic acids is 2. The first-order valence-corrected chi connectivity index (χ1v) is 8.12. The molecule has 5 nitrogen and oxygen atoms in total. The number of aliphatic imine (C=N–C) groups is 1. The highest BCUT2D eigenvalue weighted by Crippen LogP contribution is 2.38. The smallest absolute Gasteiger partial charge is 0.355 e. The maximum absolute atomic E-state index is 12.4. The fourth-order valence-corrected chi connectivity index (χ4v) is 2.71. The molecular formula is C19H26N2O3. The van der Waals surface area contributed by atoms with Crippen molar-refractivity contribution in [3.8, 4) is 0 Å². The molecular weight excluding hydrogens is 304 g/mol. The van der Waals surface area contributed by atoms with Crippen molar-refractivity contribution in [3.05, 3.63) is 28.2 Å². The molecule has 2 heterocycles. The number of esters is 1. The van der Waals surface area contributed by atoms with Crippen LogP contribution in [0.15, 0.2) is 10.7 Å². The number of ether oxygens (including phenoxy) is 1. The number of nitrogens with one attached hydrogen (secondary N) is 1. The molecule has 0 aliphatic carbocycles. The minimum absolute atomic E-state index is 0.201. The van der Waals surface area contributed by atoms with Gasteiger partial charge in [-0.05, 0) is 51.8 Å². The van der Waals surface area contributed by atoms with Crippen LogP contribution in [0.1, 0.15) is 68.3 Å². The van der Waals surface area contributed by atoms with Crippen molar-refractivity contribution in [2.24, 2.45) is 10.4 Å². The lowest BCUT2D eigenvalue weighted by Gasteiger charge is -2.19. The quantitative estimate of drug-likeness (QED) is 0.672. The van der Waals surface area contributed by atoms with Crippen molar-refractivity contribution >= 4 is 24.0 Å². The summed E-state index contributed by atoms with van der Waals surface area (Å²) in [7, 11) is 0. The number of H-pyrrole nitrogens is 1. The van der Waals surface area contributed by atoms with Gasteiger partial charge in [-0.2, -0.15) is 0 Å². The topological polar surface area (TPSA) is 71.5 Å². The van der Waals surface area contributed by atoms with Crippen LogP contribution in [0.25, 0.3) is 6.08 Å². The molecule has 0 amide bonds. The SMILES string of the molecule is Cc1c(/C=C2/N=C(C=O)CC2(C)C)[nH]c(C(=O)OC(C)(C)C)c1C. The first kappa shape index (κ1) is 18.2. The van der Waals surface area contributed by atoms with Crippen molar-refractivity contribution in [2.75, 3.05) is 0 Å². The summed E-state index contributed by atoms with van der Waals surface area (Å²) in [6.07, 6.45) is 3.36. The molecule has 2 rings (SSSR count). The normalized spacial score (nSPS) is 18.6. The van der Waals surface area contributed by atoms with Gasteiger partial charge in [-0.15, -0.1) is 0 Å². The first-order chi connectivity index (χ1) is 10.9. The van der Waals surface area contributed by atoms with Gasteiger partial charge in [-0.3, -0.25) is 9.79 Å². The summed E-state index contributed by atoms with van der Waals surface area (Å²) < 4.78 is 5.45. The molecule has 0 aromatic carbocycles. The van der Waals surface area contributed by atoms with Crippen molar-refractivity contribution in [1.82, 2.24) is 4.98 Å². The van der Waals surface area contributed by atoms with Gasteiger partial charge in [-0.25, -0.2) is 4.79 Å². The van der Waals surface area contributed by atoms with Gasteiger partial charge in [-0.1, -0.05) is 13.8 Å². The largest absolute Gasteiger partial charge is 0.455 e. The highest BCUT2D eigenvalue weighted by Gasteiger charge is 2.32. The summed E-state index contributed by atoms with van der Waals surface area (Å²) in [5, 5.41) is 0. The molecule has 0 saturated carbocycles. The molecule has 1 aliphatic heterocycles. The Balaban J connectivity index is 2.42. The van der Waals surface area contributed by atoms with E-state index < -0.39 is 5.60 Å². The molecule has 0 spiro atoms. The highest BCUT2D eigenvalue weighted by molar-refractivity contribution is 6.29. The third-order valence-electron chi connectivity index (χ3n) is 4.20. The molecule has 1 aliphatic rings. The molecule has 1 aromatic rings. The predicted molar refractivity (Wildman–Crippen MR) is 95.3 cm³/mol. The van der Waals surface area contributed by atoms with Crippen LogP contribution in [0.2, 0.25) is 0 Å². The average Bonchev–Trinajstić information content (AvgIpc) is 2.88. The van der Waals surface area contributed by atoms with E-state index in [4.69, 9.17) is 4.74 Å². The molecule has 0 fully saturated rings. The minimum Gasteiger partial charge on any atom is -0.455 e. The maximum atomic E-state index is 12.4. The van der Waals surface area contributed by atoms with Gasteiger partial charge in [0.1, 0.15) is 11.3 Å². The highest BCUT2D eigenvalue weighted by atomic mass is 16.6. The molecule has 5 heteroatoms. The van der Waals surface area contributed by atoms with Gasteiger partial charge >= 0.3 is 5.97 Å². The number of nitrogens with zero attached hydrogens (tertiary/aromatic N) is 1. The van der Waals surface area contributed by atoms with E-state index in [-0.39, 0.29) is 11.4 Å². The van der Waals surface area contributed by atoms with E-state index in [2.05, 4.69) is 23.8 Å². The average molecular weight is 330 g/mol. The van der Waals surface area contributed by atoms with E-state index in [9.17, 15) is 9.59 Å². The summed E-state index contributed by atoms with van der Waals surface area (Å²) in [6.45, 7) is 13.5. The number of aldehydes is 1. The van der Waals surface area contributed by atoms with Gasteiger partial charge < -0.3 is 9.72 Å². The van der Waals surface area contributed by atoms with Crippen LogP contribution in [0.5, 0.6) is 0 Å². The Morgan fingerprint density at radius 1 is 1.25 bits per heavy atom. The number of hydrogen-bond acceptors (Lipinski definition) is 4. The number of carbonyl (C=O) groups is 2. The maximum Gasteiger partial charge on any atom is 0.355 e. The van der Waals surface area contributed by atoms with Gasteiger partial charge in [0.2, 0.25) is 0 Å². The Bertz CT molecular complexity index is 743. The van der Waals surface area contributed by atoms with Crippen LogP contribution in [0.4, 0.5) is 0 Å². The molecule has 0 radical (unpaired) electrons. The van der Waals surface area contributed by atoms with Gasteiger partial charge in [0, 0.05) is 23.2 Å². The minimum atomic E-state index is -0.544. The number of hydrogen-bond donors (Lipinski definition) is 1. The fourth-order valence-electron chi connectivity index (χ4n) is 2.71. The lowest BCUT2D eigenvalue weighted by Crippen LogP contribution is -2.24. The van der Waals surface area contributed by atoms with E-state index in [0.29, 0.717) is 17.8 Å². The number of aromatic nitrogens is 1. The molecule has 0 bridgehead atoms. The molecule has 0 atom stereocenters. The van der Waals surface area contributed by atoms with Crippen LogP contribution in [-0.2, 0) is 9.53 Å². The van der Waals surface area contributed by atoms with Crippen LogP contribution in [0, 0.1) is 19.3 Å². The summed E-state index contributed by atoms with van der Waals surface area (Å²) in [5.41, 5.74) is 3.78. The second-order valence-corrected chi connectivity index (χ2v) is 7.98. The lowest BCUT2D eigenvalue weighted by molar-refractivity contribution is -0.102. The molecule has 1 N–H and O–H groups in total. The Morgan fingerprint density at radius 2 is 1.88 bits per heavy atom. The third kappa shape index (κ3) is 3.66. The van der Waals surface area contributed by atoms with E-state index in [1.165, 1.54) is 0 Å². The zero-order valence-corrected chi connectivity index (χ0v) is 15.5. The van der Waals surface area contributed by atoms with Gasteiger partial charge in [0.25, 0.3) is 0 Å². The molecule has 1 aromatic heterocycles. The van der Waals surface area contributed by atoms with Crippen molar-refractivity contribution in [3.63, 3.8) is 0 Å². The van der Waals surface area contributed by atoms with Crippen LogP contribution < -0.4 is 0 Å². The fraction of sp³-hybridized carbons (Fsp3) is 0.526. The number of rotatable bonds is 3. The standard InChI is InChI=1S/C19H26N2O3/c1-11-12(2)16(17(23)24-18(3,4)5)21-14(11)8-15-19(6,7)9-13(10-22)20-15/h8,10,21H,9H2,1-7H3/b15-8+. The molecule has 24 heavy (non-hydrogen) atoms. The second kappa shape index (κ2) is 6.04. The summed E-state index contributed by atoms with van der Waals surface area (Å²) in [5.74, 6) is -0.365. The van der Waals surface area contributed by atoms with Crippen LogP contribution in [-0.4, -0.2) is 28.6 Å². The summed E-state index contributed by atoms with van der Waals surface area (Å²) >= 11 is 0. The zero-order valence-electron chi connectivity index (χ0n) is 15.5. The lowest BCUT2D eigenvalue weighted by atomic mass is 9.86. The van der Waals surface area contributed by atoms with E-state index in [1.54, 1.807) is 0 Å². The van der Waals surface area contributed by atoms with Crippen LogP contribution in [0.3, 0.4) is 0 Å². The zero-order chi connectivity index (χ0) is 18.3. The number of aromatic amines is 1. The van der Waals surface area contributed by atoms with Gasteiger partial charge in [0.15, 0.2) is 6.29 Å². The Kier molecular flexibility index (Phi) is 4.57. The summed E-state index contributed by atoms with van der Waals surface area (Å²) in [6, 6.07) is 0. The summed E-state index contributed by atoms with van der Waals surface area (Å²) in [4.78, 5) is 30.9. The van der Waals surface area contributed by atoms with Gasteiger partial charge in [0.05, 0.1) is 5.71 Å². The van der Waals surface area contributed by atoms with E-state index >= 15 is 0 Å². The molecule has 0 unspecified atom stereocenters. The number of allylic oxidation sites excluding steroid dienone is 1. The Morgan fingerprint density at radius 3 is 2.38 bits per heavy atom. The van der Waals surface area contributed by atoms with Crippen molar-refractivity contribution < 1.29 is 14.3 Å². The Hall–Kier alpha value is -2.17. The predicted octanol–water partition coefficient (Wildman–Crippen LogP) is 4.00. The van der Waals surface area contributed by atoms with Crippen LogP contribution >= 0.6 is 0 Å². The molecule has 130 valence electrons. The Labute approximate surface area is 143 Å². The molecule has 0 saturated heterocycles.